The highest BCUT2D eigenvalue weighted by Crippen LogP contribution is 2.44. The fourth-order valence-electron chi connectivity index (χ4n) is 3.21. The molecule has 2 unspecified atom stereocenters. The van der Waals surface area contributed by atoms with Crippen molar-refractivity contribution in [3.05, 3.63) is 23.8 Å². The molecule has 2 atom stereocenters. The second-order valence-electron chi connectivity index (χ2n) is 6.64. The van der Waals surface area contributed by atoms with Crippen molar-refractivity contribution in [2.45, 2.75) is 50.9 Å². The van der Waals surface area contributed by atoms with Crippen LogP contribution in [-0.2, 0) is 4.74 Å². The summed E-state index contributed by atoms with van der Waals surface area (Å²) >= 11 is 0. The van der Waals surface area contributed by atoms with E-state index in [1.165, 1.54) is 5.56 Å². The Morgan fingerprint density at radius 2 is 2.10 bits per heavy atom. The summed E-state index contributed by atoms with van der Waals surface area (Å²) in [4.78, 5) is 0. The van der Waals surface area contributed by atoms with Crippen LogP contribution in [0.25, 0.3) is 0 Å². The summed E-state index contributed by atoms with van der Waals surface area (Å²) < 4.78 is 17.2. The van der Waals surface area contributed by atoms with Gasteiger partial charge in [0.05, 0.1) is 12.7 Å². The molecule has 0 radical (unpaired) electrons. The zero-order valence-corrected chi connectivity index (χ0v) is 13.9. The smallest absolute Gasteiger partial charge is 0.128 e. The van der Waals surface area contributed by atoms with Crippen molar-refractivity contribution in [1.82, 2.24) is 5.32 Å². The minimum Gasteiger partial charge on any atom is -0.497 e. The third kappa shape index (κ3) is 3.50. The number of hydrogen-bond donors (Lipinski definition) is 1. The molecular formula is C17H27NO3. The molecule has 0 saturated heterocycles. The van der Waals surface area contributed by atoms with E-state index < -0.39 is 0 Å². The van der Waals surface area contributed by atoms with Crippen LogP contribution in [0.1, 0.15) is 45.2 Å². The van der Waals surface area contributed by atoms with E-state index in [2.05, 4.69) is 32.2 Å². The minimum atomic E-state index is -0.271. The number of ether oxygens (including phenoxy) is 3. The molecule has 118 valence electrons. The number of rotatable bonds is 5. The largest absolute Gasteiger partial charge is 0.497 e. The number of benzene rings is 1. The van der Waals surface area contributed by atoms with Gasteiger partial charge in [-0.25, -0.2) is 0 Å². The van der Waals surface area contributed by atoms with Crippen LogP contribution in [0.15, 0.2) is 18.2 Å². The third-order valence-electron chi connectivity index (χ3n) is 4.29. The molecule has 0 spiro atoms. The highest BCUT2D eigenvalue weighted by atomic mass is 16.5. The van der Waals surface area contributed by atoms with Gasteiger partial charge in [-0.3, -0.25) is 0 Å². The van der Waals surface area contributed by atoms with E-state index in [0.29, 0.717) is 0 Å². The summed E-state index contributed by atoms with van der Waals surface area (Å²) in [7, 11) is 5.41. The summed E-state index contributed by atoms with van der Waals surface area (Å²) in [6, 6.07) is 6.30. The first kappa shape index (κ1) is 16.1. The lowest BCUT2D eigenvalue weighted by molar-refractivity contribution is -0.0595. The van der Waals surface area contributed by atoms with E-state index in [-0.39, 0.29) is 17.2 Å². The van der Waals surface area contributed by atoms with Crippen LogP contribution in [0.3, 0.4) is 0 Å². The number of nitrogens with one attached hydrogen (secondary N) is 1. The summed E-state index contributed by atoms with van der Waals surface area (Å²) in [6.45, 7) is 6.34. The maximum absolute atomic E-state index is 6.33. The molecule has 4 heteroatoms. The SMILES string of the molecule is CNC1CC(C)(CC(C)(C)OC)Oc2cc(OC)ccc21. The topological polar surface area (TPSA) is 39.7 Å². The molecule has 1 heterocycles. The Labute approximate surface area is 127 Å². The van der Waals surface area contributed by atoms with E-state index >= 15 is 0 Å². The van der Waals surface area contributed by atoms with Crippen LogP contribution in [-0.4, -0.2) is 32.5 Å². The molecule has 0 saturated carbocycles. The van der Waals surface area contributed by atoms with E-state index in [0.717, 1.165) is 24.3 Å². The molecule has 1 aromatic carbocycles. The van der Waals surface area contributed by atoms with Gasteiger partial charge >= 0.3 is 0 Å². The van der Waals surface area contributed by atoms with E-state index in [1.807, 2.05) is 19.2 Å². The first-order valence-corrected chi connectivity index (χ1v) is 7.42. The van der Waals surface area contributed by atoms with E-state index in [9.17, 15) is 0 Å². The van der Waals surface area contributed by atoms with Crippen LogP contribution in [0, 0.1) is 0 Å². The average Bonchev–Trinajstić information content (AvgIpc) is 2.44. The predicted molar refractivity (Wildman–Crippen MR) is 84.1 cm³/mol. The second-order valence-corrected chi connectivity index (χ2v) is 6.64. The maximum atomic E-state index is 6.33. The van der Waals surface area contributed by atoms with Crippen molar-refractivity contribution in [2.75, 3.05) is 21.3 Å². The van der Waals surface area contributed by atoms with Crippen LogP contribution >= 0.6 is 0 Å². The van der Waals surface area contributed by atoms with E-state index in [4.69, 9.17) is 14.2 Å². The van der Waals surface area contributed by atoms with Crippen molar-refractivity contribution in [1.29, 1.82) is 0 Å². The van der Waals surface area contributed by atoms with Gasteiger partial charge in [0.25, 0.3) is 0 Å². The van der Waals surface area contributed by atoms with Crippen LogP contribution < -0.4 is 14.8 Å². The molecule has 1 aliphatic heterocycles. The van der Waals surface area contributed by atoms with Crippen molar-refractivity contribution < 1.29 is 14.2 Å². The lowest BCUT2D eigenvalue weighted by atomic mass is 9.81. The molecule has 2 rings (SSSR count). The normalized spacial score (nSPS) is 25.1. The summed E-state index contributed by atoms with van der Waals surface area (Å²) in [5, 5.41) is 3.39. The Bertz CT molecular complexity index is 501. The van der Waals surface area contributed by atoms with Crippen molar-refractivity contribution in [2.24, 2.45) is 0 Å². The summed E-state index contributed by atoms with van der Waals surface area (Å²) in [6.07, 6.45) is 1.74. The molecule has 0 bridgehead atoms. The average molecular weight is 293 g/mol. The minimum absolute atomic E-state index is 0.219. The Morgan fingerprint density at radius 1 is 1.38 bits per heavy atom. The van der Waals surface area contributed by atoms with Crippen LogP contribution in [0.2, 0.25) is 0 Å². The first-order valence-electron chi connectivity index (χ1n) is 7.42. The zero-order valence-electron chi connectivity index (χ0n) is 13.9. The first-order chi connectivity index (χ1) is 9.82. The van der Waals surface area contributed by atoms with E-state index in [1.54, 1.807) is 14.2 Å². The number of methoxy groups -OCH3 is 2. The van der Waals surface area contributed by atoms with Gasteiger partial charge < -0.3 is 19.5 Å². The standard InChI is InChI=1S/C17H27NO3/c1-16(2,20-6)11-17(3)10-14(18-4)13-8-7-12(19-5)9-15(13)21-17/h7-9,14,18H,10-11H2,1-6H3. The number of fused-ring (bicyclic) bond motifs is 1. The highest BCUT2D eigenvalue weighted by molar-refractivity contribution is 5.44. The molecule has 1 aromatic rings. The second kappa shape index (κ2) is 5.85. The van der Waals surface area contributed by atoms with Crippen LogP contribution in [0.4, 0.5) is 0 Å². The fraction of sp³-hybridized carbons (Fsp3) is 0.647. The molecule has 0 fully saturated rings. The van der Waals surface area contributed by atoms with Gasteiger partial charge in [0.1, 0.15) is 17.1 Å². The Kier molecular flexibility index (Phi) is 4.49. The molecular weight excluding hydrogens is 266 g/mol. The number of hydrogen-bond acceptors (Lipinski definition) is 4. The van der Waals surface area contributed by atoms with Gasteiger partial charge in [-0.2, -0.15) is 0 Å². The monoisotopic (exact) mass is 293 g/mol. The van der Waals surface area contributed by atoms with Gasteiger partial charge in [0.15, 0.2) is 0 Å². The van der Waals surface area contributed by atoms with Gasteiger partial charge in [-0.15, -0.1) is 0 Å². The zero-order chi connectivity index (χ0) is 15.7. The maximum Gasteiger partial charge on any atom is 0.128 e. The Hall–Kier alpha value is -1.26. The van der Waals surface area contributed by atoms with Gasteiger partial charge in [-0.05, 0) is 33.9 Å². The lowest BCUT2D eigenvalue weighted by Gasteiger charge is -2.43. The molecule has 4 nitrogen and oxygen atoms in total. The molecule has 0 aliphatic carbocycles. The van der Waals surface area contributed by atoms with Gasteiger partial charge in [0, 0.05) is 37.6 Å². The van der Waals surface area contributed by atoms with Gasteiger partial charge in [0.2, 0.25) is 0 Å². The summed E-state index contributed by atoms with van der Waals surface area (Å²) in [5.41, 5.74) is 0.696. The highest BCUT2D eigenvalue weighted by Gasteiger charge is 2.41. The van der Waals surface area contributed by atoms with Crippen molar-refractivity contribution >= 4 is 0 Å². The molecule has 1 N–H and O–H groups in total. The van der Waals surface area contributed by atoms with Crippen molar-refractivity contribution in [3.8, 4) is 11.5 Å². The molecule has 0 amide bonds. The third-order valence-corrected chi connectivity index (χ3v) is 4.29. The van der Waals surface area contributed by atoms with Gasteiger partial charge in [-0.1, -0.05) is 6.07 Å². The fourth-order valence-corrected chi connectivity index (χ4v) is 3.21. The Morgan fingerprint density at radius 3 is 2.67 bits per heavy atom. The van der Waals surface area contributed by atoms with Crippen LogP contribution in [0.5, 0.6) is 11.5 Å². The predicted octanol–water partition coefficient (Wildman–Crippen LogP) is 3.31. The molecule has 1 aliphatic rings. The Balaban J connectivity index is 2.33. The molecule has 21 heavy (non-hydrogen) atoms. The van der Waals surface area contributed by atoms with Crippen molar-refractivity contribution in [3.63, 3.8) is 0 Å². The lowest BCUT2D eigenvalue weighted by Crippen LogP contribution is -2.46. The quantitative estimate of drug-likeness (QED) is 0.904. The molecule has 0 aromatic heterocycles. The summed E-state index contributed by atoms with van der Waals surface area (Å²) in [5.74, 6) is 1.72.